The van der Waals surface area contributed by atoms with E-state index in [-0.39, 0.29) is 16.6 Å². The molecule has 0 bridgehead atoms. The number of aromatic nitrogens is 3. The number of carbonyl (C=O) groups excluding carboxylic acids is 1. The van der Waals surface area contributed by atoms with Crippen molar-refractivity contribution in [1.29, 1.82) is 0 Å². The molecule has 0 fully saturated rings. The highest BCUT2D eigenvalue weighted by atomic mass is 35.5. The van der Waals surface area contributed by atoms with Crippen molar-refractivity contribution in [3.05, 3.63) is 101 Å². The monoisotopic (exact) mass is 508 g/mol. The number of amides is 1. The lowest BCUT2D eigenvalue weighted by molar-refractivity contribution is 0.0951. The van der Waals surface area contributed by atoms with Crippen LogP contribution in [0.3, 0.4) is 0 Å². The molecular formula is C26H25ClN4O3S. The van der Waals surface area contributed by atoms with Crippen LogP contribution in [-0.4, -0.2) is 35.5 Å². The number of nitrogens with one attached hydrogen (secondary N) is 2. The van der Waals surface area contributed by atoms with Crippen LogP contribution in [0.5, 0.6) is 0 Å². The molecule has 0 saturated heterocycles. The van der Waals surface area contributed by atoms with Gasteiger partial charge in [-0.3, -0.25) is 4.79 Å². The van der Waals surface area contributed by atoms with Crippen LogP contribution in [-0.2, 0) is 21.8 Å². The third-order valence-electron chi connectivity index (χ3n) is 5.69. The van der Waals surface area contributed by atoms with Gasteiger partial charge in [0.05, 0.1) is 22.5 Å². The summed E-state index contributed by atoms with van der Waals surface area (Å²) in [6.07, 6.45) is 1.55. The molecule has 0 aliphatic heterocycles. The number of H-pyrrole nitrogens is 1. The predicted octanol–water partition coefficient (Wildman–Crippen LogP) is 4.81. The molecule has 0 atom stereocenters. The van der Waals surface area contributed by atoms with Crippen LogP contribution in [0.2, 0.25) is 5.02 Å². The van der Waals surface area contributed by atoms with E-state index in [1.54, 1.807) is 54.7 Å². The fourth-order valence-electron chi connectivity index (χ4n) is 3.76. The second-order valence-corrected chi connectivity index (χ2v) is 11.3. The van der Waals surface area contributed by atoms with Gasteiger partial charge in [0.25, 0.3) is 5.91 Å². The van der Waals surface area contributed by atoms with Crippen molar-refractivity contribution < 1.29 is 13.2 Å². The van der Waals surface area contributed by atoms with E-state index >= 15 is 0 Å². The molecule has 4 aromatic rings. The molecule has 0 aliphatic rings. The first kappa shape index (κ1) is 24.6. The topological polar surface area (TPSA) is 105 Å². The molecule has 9 heteroatoms. The Labute approximate surface area is 209 Å². The zero-order valence-electron chi connectivity index (χ0n) is 19.3. The van der Waals surface area contributed by atoms with Gasteiger partial charge >= 0.3 is 0 Å². The minimum Gasteiger partial charge on any atom is -0.348 e. The fraction of sp³-hybridized carbons (Fsp3) is 0.192. The number of hydrogen-bond donors (Lipinski definition) is 2. The maximum Gasteiger partial charge on any atom is 0.251 e. The smallest absolute Gasteiger partial charge is 0.251 e. The Kier molecular flexibility index (Phi) is 7.05. The molecule has 3 aromatic carbocycles. The Bertz CT molecular complexity index is 1420. The molecular weight excluding hydrogens is 484 g/mol. The van der Waals surface area contributed by atoms with Crippen LogP contribution in [0.15, 0.2) is 83.9 Å². The number of hydrogen-bond acceptors (Lipinski definition) is 5. The molecule has 1 aromatic heterocycles. The van der Waals surface area contributed by atoms with Crippen molar-refractivity contribution in [3.8, 4) is 11.1 Å². The van der Waals surface area contributed by atoms with Crippen LogP contribution in [0.1, 0.15) is 35.5 Å². The Morgan fingerprint density at radius 2 is 1.71 bits per heavy atom. The highest BCUT2D eigenvalue weighted by molar-refractivity contribution is 7.91. The fourth-order valence-corrected chi connectivity index (χ4v) is 5.70. The summed E-state index contributed by atoms with van der Waals surface area (Å²) in [5.41, 5.74) is 3.18. The van der Waals surface area contributed by atoms with Crippen molar-refractivity contribution >= 4 is 27.3 Å². The summed E-state index contributed by atoms with van der Waals surface area (Å²) in [7, 11) is -3.54. The lowest BCUT2D eigenvalue weighted by Gasteiger charge is -2.21. The van der Waals surface area contributed by atoms with Crippen molar-refractivity contribution in [1.82, 2.24) is 20.7 Å². The van der Waals surface area contributed by atoms with Gasteiger partial charge in [-0.2, -0.15) is 15.4 Å². The van der Waals surface area contributed by atoms with Gasteiger partial charge in [0.1, 0.15) is 0 Å². The van der Waals surface area contributed by atoms with E-state index in [1.807, 2.05) is 38.1 Å². The minimum atomic E-state index is -3.54. The molecule has 35 heavy (non-hydrogen) atoms. The Hall–Kier alpha value is -3.49. The van der Waals surface area contributed by atoms with E-state index in [2.05, 4.69) is 20.7 Å². The number of carbonyl (C=O) groups is 1. The van der Waals surface area contributed by atoms with E-state index in [4.69, 9.17) is 11.6 Å². The number of sulfone groups is 1. The highest BCUT2D eigenvalue weighted by Crippen LogP contribution is 2.28. The van der Waals surface area contributed by atoms with Crippen LogP contribution >= 0.6 is 11.6 Å². The average Bonchev–Trinajstić information content (AvgIpc) is 3.39. The van der Waals surface area contributed by atoms with Gasteiger partial charge in [0.2, 0.25) is 0 Å². The molecule has 180 valence electrons. The summed E-state index contributed by atoms with van der Waals surface area (Å²) in [6.45, 7) is 4.01. The van der Waals surface area contributed by atoms with Gasteiger partial charge in [-0.05, 0) is 59.2 Å². The van der Waals surface area contributed by atoms with Gasteiger partial charge in [-0.25, -0.2) is 8.42 Å². The first-order valence-corrected chi connectivity index (χ1v) is 13.0. The average molecular weight is 509 g/mol. The van der Waals surface area contributed by atoms with Crippen LogP contribution in [0, 0.1) is 0 Å². The van der Waals surface area contributed by atoms with Crippen LogP contribution in [0.4, 0.5) is 0 Å². The molecule has 0 spiro atoms. The second kappa shape index (κ2) is 10.0. The van der Waals surface area contributed by atoms with Crippen molar-refractivity contribution in [2.75, 3.05) is 5.75 Å². The molecule has 0 aliphatic carbocycles. The first-order chi connectivity index (χ1) is 16.6. The Balaban J connectivity index is 1.45. The van der Waals surface area contributed by atoms with Crippen molar-refractivity contribution in [2.24, 2.45) is 0 Å². The zero-order chi connectivity index (χ0) is 25.1. The summed E-state index contributed by atoms with van der Waals surface area (Å²) >= 11 is 5.88. The maximum absolute atomic E-state index is 13.0. The summed E-state index contributed by atoms with van der Waals surface area (Å²) < 4.78 is 26.0. The molecule has 0 radical (unpaired) electrons. The van der Waals surface area contributed by atoms with Gasteiger partial charge in [-0.15, -0.1) is 0 Å². The van der Waals surface area contributed by atoms with E-state index in [0.717, 1.165) is 16.7 Å². The summed E-state index contributed by atoms with van der Waals surface area (Å²) in [5.74, 6) is -0.274. The molecule has 2 N–H and O–H groups in total. The van der Waals surface area contributed by atoms with E-state index in [0.29, 0.717) is 22.8 Å². The molecule has 0 unspecified atom stereocenters. The van der Waals surface area contributed by atoms with Gasteiger partial charge < -0.3 is 5.32 Å². The van der Waals surface area contributed by atoms with E-state index in [1.165, 1.54) is 0 Å². The van der Waals surface area contributed by atoms with Crippen LogP contribution < -0.4 is 5.32 Å². The third kappa shape index (κ3) is 5.96. The van der Waals surface area contributed by atoms with Gasteiger partial charge in [-0.1, -0.05) is 55.8 Å². The summed E-state index contributed by atoms with van der Waals surface area (Å²) in [6, 6.07) is 21.3. The van der Waals surface area contributed by atoms with Gasteiger partial charge in [0.15, 0.2) is 9.84 Å². The van der Waals surface area contributed by atoms with Crippen molar-refractivity contribution in [3.63, 3.8) is 0 Å². The quantitative estimate of drug-likeness (QED) is 0.355. The molecule has 1 amide bonds. The summed E-state index contributed by atoms with van der Waals surface area (Å²) in [5, 5.41) is 13.8. The molecule has 1 heterocycles. The number of rotatable bonds is 8. The normalized spacial score (nSPS) is 11.9. The molecule has 4 rings (SSSR count). The second-order valence-electron chi connectivity index (χ2n) is 8.91. The number of nitrogens with zero attached hydrogens (tertiary/aromatic N) is 2. The number of aromatic amines is 1. The Morgan fingerprint density at radius 1 is 1.00 bits per heavy atom. The predicted molar refractivity (Wildman–Crippen MR) is 136 cm³/mol. The van der Waals surface area contributed by atoms with E-state index in [9.17, 15) is 13.2 Å². The standard InChI is InChI=1S/C26H25ClN4O3S/c1-26(2,24-16-29-31-30-24)17-35(33,34)23-12-8-19(9-13-23)21-5-3-4-18(14-21)15-28-25(32)20-6-10-22(27)11-7-20/h3-14,16H,15,17H2,1-2H3,(H,28,32)(H,29,30,31). The lowest BCUT2D eigenvalue weighted by atomic mass is 9.93. The third-order valence-corrected chi connectivity index (χ3v) is 8.04. The lowest BCUT2D eigenvalue weighted by Crippen LogP contribution is -2.28. The highest BCUT2D eigenvalue weighted by Gasteiger charge is 2.31. The number of halogens is 1. The first-order valence-electron chi connectivity index (χ1n) is 11.0. The maximum atomic E-state index is 13.0. The molecule has 7 nitrogen and oxygen atoms in total. The Morgan fingerprint density at radius 3 is 2.37 bits per heavy atom. The minimum absolute atomic E-state index is 0.0886. The van der Waals surface area contributed by atoms with Crippen molar-refractivity contribution in [2.45, 2.75) is 30.7 Å². The summed E-state index contributed by atoms with van der Waals surface area (Å²) in [4.78, 5) is 12.6. The zero-order valence-corrected chi connectivity index (χ0v) is 20.9. The SMILES string of the molecule is CC(C)(CS(=O)(=O)c1ccc(-c2cccc(CNC(=O)c3ccc(Cl)cc3)c2)cc1)c1cn[nH]n1. The van der Waals surface area contributed by atoms with Gasteiger partial charge in [0, 0.05) is 22.5 Å². The largest absolute Gasteiger partial charge is 0.348 e. The van der Waals surface area contributed by atoms with Crippen LogP contribution in [0.25, 0.3) is 11.1 Å². The molecule has 0 saturated carbocycles. The number of benzene rings is 3. The van der Waals surface area contributed by atoms with E-state index < -0.39 is 15.3 Å².